The summed E-state index contributed by atoms with van der Waals surface area (Å²) in [4.78, 5) is 2.15. The molecule has 2 heteroatoms. The van der Waals surface area contributed by atoms with Crippen LogP contribution in [0.25, 0.3) is 0 Å². The lowest BCUT2D eigenvalue weighted by Crippen LogP contribution is -2.22. The van der Waals surface area contributed by atoms with Crippen molar-refractivity contribution in [1.82, 2.24) is 5.32 Å². The summed E-state index contributed by atoms with van der Waals surface area (Å²) in [6.07, 6.45) is 5.33. The highest BCUT2D eigenvalue weighted by Crippen LogP contribution is 2.19. The van der Waals surface area contributed by atoms with Gasteiger partial charge in [0.25, 0.3) is 0 Å². The highest BCUT2D eigenvalue weighted by Gasteiger charge is 2.12. The normalized spacial score (nSPS) is 20.9. The van der Waals surface area contributed by atoms with Crippen molar-refractivity contribution in [3.8, 4) is 0 Å². The molecule has 0 spiro atoms. The molecule has 0 radical (unpaired) electrons. The Balaban J connectivity index is 1.93. The van der Waals surface area contributed by atoms with Crippen molar-refractivity contribution in [2.45, 2.75) is 25.7 Å². The van der Waals surface area contributed by atoms with Gasteiger partial charge in [0.1, 0.15) is 0 Å². The summed E-state index contributed by atoms with van der Waals surface area (Å²) in [5.41, 5.74) is 2.76. The molecule has 0 aliphatic carbocycles. The van der Waals surface area contributed by atoms with E-state index in [0.29, 0.717) is 0 Å². The van der Waals surface area contributed by atoms with Gasteiger partial charge in [0.2, 0.25) is 0 Å². The molecule has 1 heterocycles. The molecule has 1 fully saturated rings. The van der Waals surface area contributed by atoms with Crippen LogP contribution < -0.4 is 10.2 Å². The second kappa shape index (κ2) is 6.06. The highest BCUT2D eigenvalue weighted by molar-refractivity contribution is 5.46. The molecular formula is C15H24N2. The number of nitrogens with zero attached hydrogens (tertiary/aromatic N) is 1. The van der Waals surface area contributed by atoms with Crippen molar-refractivity contribution in [1.29, 1.82) is 0 Å². The molecular weight excluding hydrogens is 208 g/mol. The quantitative estimate of drug-likeness (QED) is 0.862. The van der Waals surface area contributed by atoms with Crippen LogP contribution in [0.4, 0.5) is 5.69 Å². The van der Waals surface area contributed by atoms with E-state index in [9.17, 15) is 0 Å². The molecule has 1 saturated heterocycles. The SMILES string of the molecule is CN(C)c1ccc(CC2CCCCNC2)cc1. The Bertz CT molecular complexity index is 321. The molecule has 0 aromatic heterocycles. The minimum atomic E-state index is 0.822. The third kappa shape index (κ3) is 3.74. The molecule has 0 amide bonds. The number of nitrogens with one attached hydrogen (secondary N) is 1. The maximum atomic E-state index is 3.54. The standard InChI is InChI=1S/C15H24N2/c1-17(2)15-8-6-13(7-9-15)11-14-5-3-4-10-16-12-14/h6-9,14,16H,3-5,10-12H2,1-2H3. The van der Waals surface area contributed by atoms with Gasteiger partial charge in [0.15, 0.2) is 0 Å². The van der Waals surface area contributed by atoms with Crippen LogP contribution in [0.2, 0.25) is 0 Å². The summed E-state index contributed by atoms with van der Waals surface area (Å²) < 4.78 is 0. The average molecular weight is 232 g/mol. The van der Waals surface area contributed by atoms with E-state index >= 15 is 0 Å². The number of rotatable bonds is 3. The monoisotopic (exact) mass is 232 g/mol. The molecule has 0 bridgehead atoms. The maximum Gasteiger partial charge on any atom is 0.0361 e. The second-order valence-corrected chi connectivity index (χ2v) is 5.33. The van der Waals surface area contributed by atoms with Crippen molar-refractivity contribution in [3.05, 3.63) is 29.8 Å². The highest BCUT2D eigenvalue weighted by atomic mass is 15.1. The summed E-state index contributed by atoms with van der Waals surface area (Å²) in [5, 5.41) is 3.54. The minimum Gasteiger partial charge on any atom is -0.378 e. The van der Waals surface area contributed by atoms with Crippen LogP contribution in [-0.4, -0.2) is 27.2 Å². The lowest BCUT2D eigenvalue weighted by Gasteiger charge is -2.16. The fourth-order valence-electron chi connectivity index (χ4n) is 2.53. The predicted molar refractivity (Wildman–Crippen MR) is 74.7 cm³/mol. The van der Waals surface area contributed by atoms with E-state index in [2.05, 4.69) is 48.6 Å². The van der Waals surface area contributed by atoms with Crippen LogP contribution in [0.15, 0.2) is 24.3 Å². The lowest BCUT2D eigenvalue weighted by molar-refractivity contribution is 0.477. The van der Waals surface area contributed by atoms with Gasteiger partial charge >= 0.3 is 0 Å². The Hall–Kier alpha value is -1.02. The first-order valence-corrected chi connectivity index (χ1v) is 6.72. The van der Waals surface area contributed by atoms with Gasteiger partial charge in [0, 0.05) is 19.8 Å². The molecule has 0 saturated carbocycles. The molecule has 1 aliphatic heterocycles. The van der Waals surface area contributed by atoms with E-state index in [-0.39, 0.29) is 0 Å². The Kier molecular flexibility index (Phi) is 4.43. The van der Waals surface area contributed by atoms with Crippen molar-refractivity contribution >= 4 is 5.69 Å². The number of hydrogen-bond acceptors (Lipinski definition) is 2. The topological polar surface area (TPSA) is 15.3 Å². The van der Waals surface area contributed by atoms with Crippen LogP contribution in [0, 0.1) is 5.92 Å². The molecule has 1 atom stereocenters. The van der Waals surface area contributed by atoms with Gasteiger partial charge in [-0.2, -0.15) is 0 Å². The van der Waals surface area contributed by atoms with Crippen molar-refractivity contribution < 1.29 is 0 Å². The van der Waals surface area contributed by atoms with Crippen LogP contribution in [0.1, 0.15) is 24.8 Å². The molecule has 2 rings (SSSR count). The number of benzene rings is 1. The molecule has 94 valence electrons. The van der Waals surface area contributed by atoms with E-state index < -0.39 is 0 Å². The molecule has 1 unspecified atom stereocenters. The third-order valence-corrected chi connectivity index (χ3v) is 3.63. The van der Waals surface area contributed by atoms with Crippen LogP contribution >= 0.6 is 0 Å². The molecule has 2 nitrogen and oxygen atoms in total. The van der Waals surface area contributed by atoms with Gasteiger partial charge in [-0.05, 0) is 56.0 Å². The van der Waals surface area contributed by atoms with E-state index in [4.69, 9.17) is 0 Å². The van der Waals surface area contributed by atoms with Crippen LogP contribution in [-0.2, 0) is 6.42 Å². The first kappa shape index (κ1) is 12.4. The average Bonchev–Trinajstić information content (AvgIpc) is 2.58. The second-order valence-electron chi connectivity index (χ2n) is 5.33. The van der Waals surface area contributed by atoms with Gasteiger partial charge in [-0.25, -0.2) is 0 Å². The number of anilines is 1. The molecule has 1 aromatic rings. The fourth-order valence-corrected chi connectivity index (χ4v) is 2.53. The summed E-state index contributed by atoms with van der Waals surface area (Å²) in [6, 6.07) is 9.00. The largest absolute Gasteiger partial charge is 0.378 e. The summed E-state index contributed by atoms with van der Waals surface area (Å²) in [7, 11) is 4.18. The maximum absolute atomic E-state index is 3.54. The Morgan fingerprint density at radius 1 is 1.18 bits per heavy atom. The summed E-state index contributed by atoms with van der Waals surface area (Å²) in [6.45, 7) is 2.39. The zero-order valence-electron chi connectivity index (χ0n) is 11.1. The van der Waals surface area contributed by atoms with E-state index in [0.717, 1.165) is 5.92 Å². The fraction of sp³-hybridized carbons (Fsp3) is 0.600. The van der Waals surface area contributed by atoms with E-state index in [1.54, 1.807) is 0 Å². The van der Waals surface area contributed by atoms with Gasteiger partial charge < -0.3 is 10.2 Å². The van der Waals surface area contributed by atoms with Crippen molar-refractivity contribution in [2.75, 3.05) is 32.1 Å². The van der Waals surface area contributed by atoms with Gasteiger partial charge in [0.05, 0.1) is 0 Å². The first-order valence-electron chi connectivity index (χ1n) is 6.72. The van der Waals surface area contributed by atoms with Crippen molar-refractivity contribution in [3.63, 3.8) is 0 Å². The van der Waals surface area contributed by atoms with Gasteiger partial charge in [-0.1, -0.05) is 18.6 Å². The van der Waals surface area contributed by atoms with E-state index in [1.165, 1.54) is 50.0 Å². The Morgan fingerprint density at radius 2 is 1.94 bits per heavy atom. The Morgan fingerprint density at radius 3 is 2.65 bits per heavy atom. The smallest absolute Gasteiger partial charge is 0.0361 e. The third-order valence-electron chi connectivity index (χ3n) is 3.63. The number of hydrogen-bond donors (Lipinski definition) is 1. The lowest BCUT2D eigenvalue weighted by atomic mass is 9.95. The molecule has 1 aliphatic rings. The minimum absolute atomic E-state index is 0.822. The molecule has 1 aromatic carbocycles. The van der Waals surface area contributed by atoms with E-state index in [1.807, 2.05) is 0 Å². The predicted octanol–water partition coefficient (Wildman–Crippen LogP) is 2.68. The van der Waals surface area contributed by atoms with Gasteiger partial charge in [-0.3, -0.25) is 0 Å². The van der Waals surface area contributed by atoms with Gasteiger partial charge in [-0.15, -0.1) is 0 Å². The van der Waals surface area contributed by atoms with Crippen LogP contribution in [0.5, 0.6) is 0 Å². The van der Waals surface area contributed by atoms with Crippen LogP contribution in [0.3, 0.4) is 0 Å². The summed E-state index contributed by atoms with van der Waals surface area (Å²) >= 11 is 0. The zero-order chi connectivity index (χ0) is 12.1. The zero-order valence-corrected chi connectivity index (χ0v) is 11.1. The molecule has 17 heavy (non-hydrogen) atoms. The Labute approximate surface area is 105 Å². The summed E-state index contributed by atoms with van der Waals surface area (Å²) in [5.74, 6) is 0.822. The molecule has 1 N–H and O–H groups in total. The van der Waals surface area contributed by atoms with Crippen molar-refractivity contribution in [2.24, 2.45) is 5.92 Å². The first-order chi connectivity index (χ1) is 8.25.